The molecule has 0 spiro atoms. The molecule has 3 aromatic rings. The zero-order chi connectivity index (χ0) is 18.1. The maximum absolute atomic E-state index is 13.3. The molecule has 0 unspecified atom stereocenters. The molecule has 1 aliphatic rings. The topological polar surface area (TPSA) is 67.9 Å². The lowest BCUT2D eigenvalue weighted by molar-refractivity contribution is 0.340. The van der Waals surface area contributed by atoms with E-state index in [9.17, 15) is 4.79 Å². The molecule has 0 saturated carbocycles. The third-order valence-corrected chi connectivity index (χ3v) is 6.37. The van der Waals surface area contributed by atoms with Gasteiger partial charge in [-0.2, -0.15) is 5.26 Å². The highest BCUT2D eigenvalue weighted by atomic mass is 32.2. The quantitative estimate of drug-likeness (QED) is 0.493. The lowest BCUT2D eigenvalue weighted by Crippen LogP contribution is -2.21. The van der Waals surface area contributed by atoms with Gasteiger partial charge in [-0.05, 0) is 56.0 Å². The van der Waals surface area contributed by atoms with Crippen LogP contribution in [0.15, 0.2) is 34.2 Å². The average Bonchev–Trinajstić information content (AvgIpc) is 3.22. The summed E-state index contributed by atoms with van der Waals surface area (Å²) in [6, 6.07) is 9.55. The number of ether oxygens (including phenoxy) is 1. The second-order valence-electron chi connectivity index (χ2n) is 5.95. The molecule has 0 radical (unpaired) electrons. The van der Waals surface area contributed by atoms with Gasteiger partial charge in [-0.1, -0.05) is 11.8 Å². The van der Waals surface area contributed by atoms with Crippen molar-refractivity contribution in [1.82, 2.24) is 9.55 Å². The van der Waals surface area contributed by atoms with E-state index in [0.717, 1.165) is 40.9 Å². The molecule has 0 bridgehead atoms. The molecule has 5 nitrogen and oxygen atoms in total. The minimum atomic E-state index is -0.0426. The summed E-state index contributed by atoms with van der Waals surface area (Å²) in [4.78, 5) is 20.2. The van der Waals surface area contributed by atoms with Crippen LogP contribution >= 0.6 is 23.1 Å². The predicted molar refractivity (Wildman–Crippen MR) is 105 cm³/mol. The molecule has 1 aromatic carbocycles. The first-order valence-electron chi connectivity index (χ1n) is 8.53. The van der Waals surface area contributed by atoms with Gasteiger partial charge in [-0.15, -0.1) is 11.3 Å². The van der Waals surface area contributed by atoms with Gasteiger partial charge < -0.3 is 4.74 Å². The van der Waals surface area contributed by atoms with Crippen LogP contribution in [0, 0.1) is 11.3 Å². The molecule has 7 heteroatoms. The number of aryl methyl sites for hydroxylation is 2. The minimum Gasteiger partial charge on any atom is -0.494 e. The van der Waals surface area contributed by atoms with Gasteiger partial charge in [-0.25, -0.2) is 4.98 Å². The van der Waals surface area contributed by atoms with Crippen molar-refractivity contribution in [3.63, 3.8) is 0 Å². The number of hydrogen-bond donors (Lipinski definition) is 0. The van der Waals surface area contributed by atoms with E-state index in [2.05, 4.69) is 6.07 Å². The van der Waals surface area contributed by atoms with Crippen LogP contribution < -0.4 is 10.3 Å². The maximum atomic E-state index is 13.3. The van der Waals surface area contributed by atoms with Crippen molar-refractivity contribution >= 4 is 33.3 Å². The molecule has 4 rings (SSSR count). The first kappa shape index (κ1) is 17.1. The number of benzene rings is 1. The Morgan fingerprint density at radius 2 is 2.15 bits per heavy atom. The van der Waals surface area contributed by atoms with E-state index in [4.69, 9.17) is 15.0 Å². The van der Waals surface area contributed by atoms with Gasteiger partial charge >= 0.3 is 0 Å². The predicted octanol–water partition coefficient (Wildman–Crippen LogP) is 3.95. The molecular weight excluding hydrogens is 366 g/mol. The second kappa shape index (κ2) is 7.14. The highest BCUT2D eigenvalue weighted by molar-refractivity contribution is 7.99. The van der Waals surface area contributed by atoms with Crippen LogP contribution in [0.25, 0.3) is 15.9 Å². The number of thiophene rings is 1. The number of nitriles is 1. The molecule has 0 aliphatic heterocycles. The second-order valence-corrected chi connectivity index (χ2v) is 7.97. The molecule has 0 N–H and O–H groups in total. The molecule has 2 heterocycles. The van der Waals surface area contributed by atoms with Crippen molar-refractivity contribution in [2.24, 2.45) is 0 Å². The van der Waals surface area contributed by atoms with Crippen LogP contribution in [0.2, 0.25) is 0 Å². The van der Waals surface area contributed by atoms with E-state index in [1.807, 2.05) is 31.2 Å². The molecule has 1 aliphatic carbocycles. The van der Waals surface area contributed by atoms with Crippen LogP contribution in [0.4, 0.5) is 0 Å². The highest BCUT2D eigenvalue weighted by Gasteiger charge is 2.23. The number of hydrogen-bond acceptors (Lipinski definition) is 6. The number of thioether (sulfide) groups is 1. The third-order valence-electron chi connectivity index (χ3n) is 4.38. The molecule has 132 valence electrons. The number of rotatable bonds is 5. The Bertz CT molecular complexity index is 1060. The van der Waals surface area contributed by atoms with Crippen LogP contribution in [0.3, 0.4) is 0 Å². The van der Waals surface area contributed by atoms with Crippen LogP contribution in [-0.4, -0.2) is 21.9 Å². The molecule has 0 fully saturated rings. The molecule has 2 aromatic heterocycles. The Kier molecular flexibility index (Phi) is 4.70. The number of nitrogens with zero attached hydrogens (tertiary/aromatic N) is 3. The van der Waals surface area contributed by atoms with Crippen LogP contribution in [-0.2, 0) is 12.8 Å². The summed E-state index contributed by atoms with van der Waals surface area (Å²) in [7, 11) is 0. The van der Waals surface area contributed by atoms with E-state index in [0.29, 0.717) is 11.8 Å². The van der Waals surface area contributed by atoms with Crippen LogP contribution in [0.5, 0.6) is 5.75 Å². The lowest BCUT2D eigenvalue weighted by atomic mass is 10.2. The minimum absolute atomic E-state index is 0.0426. The SMILES string of the molecule is CCOc1ccc(-n2c(SCC#N)nc3sc4c(c3c2=O)CCC4)cc1. The van der Waals surface area contributed by atoms with E-state index >= 15 is 0 Å². The zero-order valence-corrected chi connectivity index (χ0v) is 16.0. The summed E-state index contributed by atoms with van der Waals surface area (Å²) < 4.78 is 7.12. The Morgan fingerprint density at radius 3 is 2.88 bits per heavy atom. The van der Waals surface area contributed by atoms with Crippen molar-refractivity contribution in [2.75, 3.05) is 12.4 Å². The fourth-order valence-electron chi connectivity index (χ4n) is 3.30. The van der Waals surface area contributed by atoms with Crippen molar-refractivity contribution in [2.45, 2.75) is 31.3 Å². The fourth-order valence-corrected chi connectivity index (χ4v) is 5.28. The smallest absolute Gasteiger partial charge is 0.267 e. The fraction of sp³-hybridized carbons (Fsp3) is 0.316. The molecule has 0 amide bonds. The Morgan fingerprint density at radius 1 is 1.35 bits per heavy atom. The van der Waals surface area contributed by atoms with Gasteiger partial charge in [0.25, 0.3) is 5.56 Å². The number of fused-ring (bicyclic) bond motifs is 3. The van der Waals surface area contributed by atoms with Crippen LogP contribution in [0.1, 0.15) is 23.8 Å². The summed E-state index contributed by atoms with van der Waals surface area (Å²) in [6.45, 7) is 2.53. The Labute approximate surface area is 159 Å². The van der Waals surface area contributed by atoms with Crippen molar-refractivity contribution in [1.29, 1.82) is 5.26 Å². The Hall–Kier alpha value is -2.30. The normalized spacial score (nSPS) is 12.9. The molecule has 0 atom stereocenters. The van der Waals surface area contributed by atoms with E-state index < -0.39 is 0 Å². The summed E-state index contributed by atoms with van der Waals surface area (Å²) in [6.07, 6.45) is 3.07. The molecular formula is C19H17N3O2S2. The van der Waals surface area contributed by atoms with Gasteiger partial charge in [0.1, 0.15) is 10.6 Å². The lowest BCUT2D eigenvalue weighted by Gasteiger charge is -2.12. The number of aromatic nitrogens is 2. The molecule has 26 heavy (non-hydrogen) atoms. The third kappa shape index (κ3) is 2.89. The first-order chi connectivity index (χ1) is 12.7. The van der Waals surface area contributed by atoms with Gasteiger partial charge in [0.2, 0.25) is 0 Å². The molecule has 0 saturated heterocycles. The van der Waals surface area contributed by atoms with E-state index in [1.165, 1.54) is 22.2 Å². The van der Waals surface area contributed by atoms with Gasteiger partial charge in [0.05, 0.1) is 29.5 Å². The van der Waals surface area contributed by atoms with Gasteiger partial charge in [-0.3, -0.25) is 9.36 Å². The van der Waals surface area contributed by atoms with E-state index in [-0.39, 0.29) is 11.3 Å². The maximum Gasteiger partial charge on any atom is 0.267 e. The monoisotopic (exact) mass is 383 g/mol. The standard InChI is InChI=1S/C19H17N3O2S2/c1-2-24-13-8-6-12(7-9-13)22-18(23)16-14-4-3-5-15(14)26-17(16)21-19(22)25-11-10-20/h6-9H,2-5,11H2,1H3. The van der Waals surface area contributed by atoms with E-state index in [1.54, 1.807) is 15.9 Å². The summed E-state index contributed by atoms with van der Waals surface area (Å²) in [5.41, 5.74) is 1.87. The van der Waals surface area contributed by atoms with Crippen molar-refractivity contribution in [3.8, 4) is 17.5 Å². The largest absolute Gasteiger partial charge is 0.494 e. The summed E-state index contributed by atoms with van der Waals surface area (Å²) >= 11 is 2.91. The first-order valence-corrected chi connectivity index (χ1v) is 10.3. The summed E-state index contributed by atoms with van der Waals surface area (Å²) in [5, 5.41) is 10.3. The highest BCUT2D eigenvalue weighted by Crippen LogP contribution is 2.36. The average molecular weight is 383 g/mol. The zero-order valence-electron chi connectivity index (χ0n) is 14.3. The van der Waals surface area contributed by atoms with Gasteiger partial charge in [0, 0.05) is 4.88 Å². The van der Waals surface area contributed by atoms with Crippen molar-refractivity contribution < 1.29 is 4.74 Å². The van der Waals surface area contributed by atoms with Gasteiger partial charge in [0.15, 0.2) is 5.16 Å². The summed E-state index contributed by atoms with van der Waals surface area (Å²) in [5.74, 6) is 1.01. The van der Waals surface area contributed by atoms with Crippen molar-refractivity contribution in [3.05, 3.63) is 45.1 Å². The Balaban J connectivity index is 1.91.